The zero-order valence-electron chi connectivity index (χ0n) is 7.61. The summed E-state index contributed by atoms with van der Waals surface area (Å²) in [5.74, 6) is 0.114. The van der Waals surface area contributed by atoms with E-state index in [2.05, 4.69) is 10.3 Å². The Labute approximate surface area is 80.2 Å². The molecule has 0 amide bonds. The SMILES string of the molecule is Cn1nnc(-c2cccc(F)c2)c1N. The van der Waals surface area contributed by atoms with Crippen LogP contribution in [-0.2, 0) is 7.05 Å². The van der Waals surface area contributed by atoms with E-state index in [0.717, 1.165) is 0 Å². The molecule has 0 saturated heterocycles. The smallest absolute Gasteiger partial charge is 0.150 e. The van der Waals surface area contributed by atoms with Gasteiger partial charge in [0, 0.05) is 12.6 Å². The van der Waals surface area contributed by atoms with Crippen LogP contribution in [0.1, 0.15) is 0 Å². The summed E-state index contributed by atoms with van der Waals surface area (Å²) in [6, 6.07) is 6.10. The van der Waals surface area contributed by atoms with Gasteiger partial charge in [-0.2, -0.15) is 0 Å². The van der Waals surface area contributed by atoms with Gasteiger partial charge in [-0.3, -0.25) is 0 Å². The molecular formula is C9H9FN4. The lowest BCUT2D eigenvalue weighted by atomic mass is 10.1. The Morgan fingerprint density at radius 1 is 1.43 bits per heavy atom. The summed E-state index contributed by atoms with van der Waals surface area (Å²) in [4.78, 5) is 0. The number of aryl methyl sites for hydroxylation is 1. The summed E-state index contributed by atoms with van der Waals surface area (Å²) in [5, 5.41) is 7.59. The highest BCUT2D eigenvalue weighted by Gasteiger charge is 2.09. The topological polar surface area (TPSA) is 56.7 Å². The number of benzene rings is 1. The van der Waals surface area contributed by atoms with Crippen molar-refractivity contribution in [2.75, 3.05) is 5.73 Å². The van der Waals surface area contributed by atoms with Gasteiger partial charge in [0.2, 0.25) is 0 Å². The molecule has 0 aliphatic carbocycles. The number of rotatable bonds is 1. The maximum atomic E-state index is 12.9. The molecule has 1 aromatic carbocycles. The maximum Gasteiger partial charge on any atom is 0.150 e. The number of nitrogens with zero attached hydrogens (tertiary/aromatic N) is 3. The van der Waals surface area contributed by atoms with Gasteiger partial charge < -0.3 is 5.73 Å². The highest BCUT2D eigenvalue weighted by atomic mass is 19.1. The molecule has 0 saturated carbocycles. The fourth-order valence-electron chi connectivity index (χ4n) is 1.21. The normalized spacial score (nSPS) is 10.4. The molecule has 0 atom stereocenters. The van der Waals surface area contributed by atoms with E-state index in [1.165, 1.54) is 16.8 Å². The molecule has 0 spiro atoms. The van der Waals surface area contributed by atoms with Crippen molar-refractivity contribution in [3.05, 3.63) is 30.1 Å². The quantitative estimate of drug-likeness (QED) is 0.738. The molecular weight excluding hydrogens is 183 g/mol. The molecule has 1 aromatic heterocycles. The Morgan fingerprint density at radius 2 is 2.21 bits per heavy atom. The Hall–Kier alpha value is -1.91. The highest BCUT2D eigenvalue weighted by Crippen LogP contribution is 2.22. The van der Waals surface area contributed by atoms with Crippen LogP contribution in [0.4, 0.5) is 10.2 Å². The van der Waals surface area contributed by atoms with E-state index in [1.54, 1.807) is 19.2 Å². The highest BCUT2D eigenvalue weighted by molar-refractivity contribution is 5.69. The van der Waals surface area contributed by atoms with Gasteiger partial charge in [-0.15, -0.1) is 5.10 Å². The Morgan fingerprint density at radius 3 is 2.79 bits per heavy atom. The largest absolute Gasteiger partial charge is 0.382 e. The first kappa shape index (κ1) is 8.68. The molecule has 0 radical (unpaired) electrons. The van der Waals surface area contributed by atoms with Crippen LogP contribution in [0.25, 0.3) is 11.3 Å². The van der Waals surface area contributed by atoms with Crippen LogP contribution in [0.2, 0.25) is 0 Å². The van der Waals surface area contributed by atoms with Gasteiger partial charge in [0.1, 0.15) is 17.3 Å². The molecule has 4 nitrogen and oxygen atoms in total. The van der Waals surface area contributed by atoms with E-state index in [-0.39, 0.29) is 5.82 Å². The minimum absolute atomic E-state index is 0.312. The van der Waals surface area contributed by atoms with Gasteiger partial charge in [0.15, 0.2) is 0 Å². The fraction of sp³-hybridized carbons (Fsp3) is 0.111. The molecule has 0 unspecified atom stereocenters. The van der Waals surface area contributed by atoms with Gasteiger partial charge in [-0.05, 0) is 12.1 Å². The van der Waals surface area contributed by atoms with E-state index in [0.29, 0.717) is 17.1 Å². The average Bonchev–Trinajstić information content (AvgIpc) is 2.48. The van der Waals surface area contributed by atoms with Crippen LogP contribution in [0.3, 0.4) is 0 Å². The molecule has 5 heteroatoms. The summed E-state index contributed by atoms with van der Waals surface area (Å²) >= 11 is 0. The molecule has 0 aliphatic heterocycles. The van der Waals surface area contributed by atoms with Crippen LogP contribution >= 0.6 is 0 Å². The van der Waals surface area contributed by atoms with Crippen molar-refractivity contribution in [1.82, 2.24) is 15.0 Å². The Balaban J connectivity index is 2.55. The summed E-state index contributed by atoms with van der Waals surface area (Å²) in [5.41, 5.74) is 6.84. The standard InChI is InChI=1S/C9H9FN4/c1-14-9(11)8(12-13-14)6-3-2-4-7(10)5-6/h2-5H,11H2,1H3. The third-order valence-electron chi connectivity index (χ3n) is 1.97. The fourth-order valence-corrected chi connectivity index (χ4v) is 1.21. The minimum atomic E-state index is -0.312. The van der Waals surface area contributed by atoms with Crippen LogP contribution in [0, 0.1) is 5.82 Å². The molecule has 2 N–H and O–H groups in total. The number of halogens is 1. The van der Waals surface area contributed by atoms with E-state index in [9.17, 15) is 4.39 Å². The molecule has 2 aromatic rings. The van der Waals surface area contributed by atoms with E-state index in [1.807, 2.05) is 0 Å². The predicted molar refractivity (Wildman–Crippen MR) is 50.8 cm³/mol. The lowest BCUT2D eigenvalue weighted by Crippen LogP contribution is -1.98. The van der Waals surface area contributed by atoms with Crippen molar-refractivity contribution in [2.24, 2.45) is 7.05 Å². The van der Waals surface area contributed by atoms with Gasteiger partial charge in [-0.25, -0.2) is 9.07 Å². The molecule has 0 fully saturated rings. The zero-order valence-corrected chi connectivity index (χ0v) is 7.61. The lowest BCUT2D eigenvalue weighted by Gasteiger charge is -1.98. The first-order valence-corrected chi connectivity index (χ1v) is 4.09. The minimum Gasteiger partial charge on any atom is -0.382 e. The van der Waals surface area contributed by atoms with Crippen LogP contribution < -0.4 is 5.73 Å². The first-order valence-electron chi connectivity index (χ1n) is 4.09. The molecule has 1 heterocycles. The molecule has 2 rings (SSSR count). The van der Waals surface area contributed by atoms with Crippen molar-refractivity contribution >= 4 is 5.82 Å². The van der Waals surface area contributed by atoms with Gasteiger partial charge in [0.25, 0.3) is 0 Å². The van der Waals surface area contributed by atoms with Gasteiger partial charge in [-0.1, -0.05) is 17.3 Å². The van der Waals surface area contributed by atoms with E-state index in [4.69, 9.17) is 5.73 Å². The van der Waals surface area contributed by atoms with E-state index >= 15 is 0 Å². The van der Waals surface area contributed by atoms with Crippen molar-refractivity contribution in [3.63, 3.8) is 0 Å². The van der Waals surface area contributed by atoms with Gasteiger partial charge >= 0.3 is 0 Å². The second kappa shape index (κ2) is 3.10. The first-order chi connectivity index (χ1) is 6.68. The number of aromatic nitrogens is 3. The third kappa shape index (κ3) is 1.32. The maximum absolute atomic E-state index is 12.9. The molecule has 0 aliphatic rings. The van der Waals surface area contributed by atoms with Crippen LogP contribution in [0.15, 0.2) is 24.3 Å². The lowest BCUT2D eigenvalue weighted by molar-refractivity contribution is 0.628. The summed E-state index contributed by atoms with van der Waals surface area (Å²) in [7, 11) is 1.69. The molecule has 72 valence electrons. The second-order valence-electron chi connectivity index (χ2n) is 2.96. The van der Waals surface area contributed by atoms with Crippen molar-refractivity contribution < 1.29 is 4.39 Å². The van der Waals surface area contributed by atoms with Crippen molar-refractivity contribution in [2.45, 2.75) is 0 Å². The third-order valence-corrected chi connectivity index (χ3v) is 1.97. The van der Waals surface area contributed by atoms with E-state index < -0.39 is 0 Å². The van der Waals surface area contributed by atoms with Crippen LogP contribution in [0.5, 0.6) is 0 Å². The Kier molecular flexibility index (Phi) is 1.92. The number of hydrogen-bond acceptors (Lipinski definition) is 3. The average molecular weight is 192 g/mol. The Bertz CT molecular complexity index is 464. The van der Waals surface area contributed by atoms with Crippen molar-refractivity contribution in [1.29, 1.82) is 0 Å². The summed E-state index contributed by atoms with van der Waals surface area (Å²) in [6.45, 7) is 0. The molecule has 14 heavy (non-hydrogen) atoms. The second-order valence-corrected chi connectivity index (χ2v) is 2.96. The monoisotopic (exact) mass is 192 g/mol. The summed E-state index contributed by atoms with van der Waals surface area (Å²) < 4.78 is 14.3. The van der Waals surface area contributed by atoms with Crippen molar-refractivity contribution in [3.8, 4) is 11.3 Å². The van der Waals surface area contributed by atoms with Gasteiger partial charge in [0.05, 0.1) is 0 Å². The molecule has 0 bridgehead atoms. The number of nitrogen functional groups attached to an aromatic ring is 1. The predicted octanol–water partition coefficient (Wildman–Crippen LogP) is 1.20. The summed E-state index contributed by atoms with van der Waals surface area (Å²) in [6.07, 6.45) is 0. The zero-order chi connectivity index (χ0) is 10.1. The number of hydrogen-bond donors (Lipinski definition) is 1. The number of nitrogens with two attached hydrogens (primary N) is 1. The van der Waals surface area contributed by atoms with Crippen LogP contribution in [-0.4, -0.2) is 15.0 Å². The number of anilines is 1.